The Morgan fingerprint density at radius 3 is 2.21 bits per heavy atom. The minimum Gasteiger partial charge on any atom is -0.459 e. The van der Waals surface area contributed by atoms with Crippen LogP contribution in [0.5, 0.6) is 0 Å². The van der Waals surface area contributed by atoms with E-state index in [4.69, 9.17) is 4.42 Å². The number of nitrogens with one attached hydrogen (secondary N) is 1. The number of furan rings is 1. The van der Waals surface area contributed by atoms with Crippen molar-refractivity contribution in [3.05, 3.63) is 54.0 Å². The van der Waals surface area contributed by atoms with E-state index in [1.807, 2.05) is 12.1 Å². The Hall–Kier alpha value is -3.29. The maximum Gasteiger partial charge on any atom is 0.321 e. The Labute approximate surface area is 163 Å². The summed E-state index contributed by atoms with van der Waals surface area (Å²) >= 11 is 0. The number of benzene rings is 1. The lowest BCUT2D eigenvalue weighted by Crippen LogP contribution is -2.51. The van der Waals surface area contributed by atoms with E-state index >= 15 is 0 Å². The third-order valence-electron chi connectivity index (χ3n) is 4.65. The highest BCUT2D eigenvalue weighted by atomic mass is 16.3. The molecule has 4 amide bonds. The average molecular weight is 384 g/mol. The van der Waals surface area contributed by atoms with Gasteiger partial charge in [0.1, 0.15) is 0 Å². The van der Waals surface area contributed by atoms with Crippen LogP contribution >= 0.6 is 0 Å². The maximum absolute atomic E-state index is 12.5. The monoisotopic (exact) mass is 384 g/mol. The van der Waals surface area contributed by atoms with Crippen LogP contribution in [0.2, 0.25) is 0 Å². The second-order valence-corrected chi connectivity index (χ2v) is 6.85. The van der Waals surface area contributed by atoms with Gasteiger partial charge in [0.2, 0.25) is 5.91 Å². The van der Waals surface area contributed by atoms with Gasteiger partial charge in [0.15, 0.2) is 5.76 Å². The Kier molecular flexibility index (Phi) is 5.98. The first-order valence-electron chi connectivity index (χ1n) is 9.12. The van der Waals surface area contributed by atoms with Crippen LogP contribution in [0.25, 0.3) is 0 Å². The second kappa shape index (κ2) is 8.60. The normalized spacial score (nSPS) is 13.9. The van der Waals surface area contributed by atoms with E-state index in [2.05, 4.69) is 5.32 Å². The topological polar surface area (TPSA) is 86.1 Å². The van der Waals surface area contributed by atoms with Crippen LogP contribution in [0.3, 0.4) is 0 Å². The van der Waals surface area contributed by atoms with Crippen molar-refractivity contribution in [2.45, 2.75) is 6.42 Å². The molecule has 0 unspecified atom stereocenters. The van der Waals surface area contributed by atoms with Gasteiger partial charge < -0.3 is 24.4 Å². The summed E-state index contributed by atoms with van der Waals surface area (Å²) in [4.78, 5) is 41.4. The quantitative estimate of drug-likeness (QED) is 0.872. The lowest BCUT2D eigenvalue weighted by molar-refractivity contribution is -0.127. The highest BCUT2D eigenvalue weighted by Gasteiger charge is 2.26. The van der Waals surface area contributed by atoms with Gasteiger partial charge in [-0.2, -0.15) is 0 Å². The fourth-order valence-corrected chi connectivity index (χ4v) is 2.91. The molecule has 0 aliphatic carbocycles. The van der Waals surface area contributed by atoms with Crippen molar-refractivity contribution in [2.75, 3.05) is 45.6 Å². The summed E-state index contributed by atoms with van der Waals surface area (Å²) in [5.41, 5.74) is 1.56. The van der Waals surface area contributed by atoms with E-state index < -0.39 is 0 Å². The summed E-state index contributed by atoms with van der Waals surface area (Å²) in [7, 11) is 3.44. The zero-order valence-corrected chi connectivity index (χ0v) is 16.1. The maximum atomic E-state index is 12.5. The highest BCUT2D eigenvalue weighted by molar-refractivity contribution is 5.92. The van der Waals surface area contributed by atoms with Crippen LogP contribution in [0.4, 0.5) is 10.5 Å². The number of hydrogen-bond acceptors (Lipinski definition) is 4. The largest absolute Gasteiger partial charge is 0.459 e. The summed E-state index contributed by atoms with van der Waals surface area (Å²) in [5.74, 6) is 0.178. The number of piperazine rings is 1. The molecule has 3 rings (SSSR count). The van der Waals surface area contributed by atoms with Crippen LogP contribution in [-0.4, -0.2) is 72.8 Å². The molecule has 1 fully saturated rings. The fraction of sp³-hybridized carbons (Fsp3) is 0.350. The molecule has 0 spiro atoms. The van der Waals surface area contributed by atoms with Crippen molar-refractivity contribution in [3.8, 4) is 0 Å². The minimum atomic E-state index is -0.206. The van der Waals surface area contributed by atoms with Crippen molar-refractivity contribution in [1.29, 1.82) is 0 Å². The van der Waals surface area contributed by atoms with Crippen molar-refractivity contribution in [3.63, 3.8) is 0 Å². The van der Waals surface area contributed by atoms with E-state index in [-0.39, 0.29) is 17.8 Å². The van der Waals surface area contributed by atoms with Gasteiger partial charge in [-0.15, -0.1) is 0 Å². The van der Waals surface area contributed by atoms with Gasteiger partial charge >= 0.3 is 6.03 Å². The Morgan fingerprint density at radius 1 is 1.00 bits per heavy atom. The van der Waals surface area contributed by atoms with Crippen molar-refractivity contribution >= 4 is 23.5 Å². The minimum absolute atomic E-state index is 0.0266. The molecule has 1 aliphatic rings. The van der Waals surface area contributed by atoms with Crippen molar-refractivity contribution < 1.29 is 18.8 Å². The van der Waals surface area contributed by atoms with Crippen LogP contribution in [0, 0.1) is 0 Å². The number of amides is 4. The molecule has 1 saturated heterocycles. The molecule has 0 bridgehead atoms. The smallest absolute Gasteiger partial charge is 0.321 e. The molecule has 8 heteroatoms. The number of hydrogen-bond donors (Lipinski definition) is 1. The third-order valence-corrected chi connectivity index (χ3v) is 4.65. The van der Waals surface area contributed by atoms with Gasteiger partial charge in [-0.3, -0.25) is 9.59 Å². The van der Waals surface area contributed by atoms with Crippen molar-refractivity contribution in [2.24, 2.45) is 0 Å². The van der Waals surface area contributed by atoms with E-state index in [0.717, 1.165) is 5.56 Å². The number of likely N-dealkylation sites (N-methyl/N-ethyl adjacent to an activating group) is 1. The van der Waals surface area contributed by atoms with Gasteiger partial charge in [-0.05, 0) is 29.8 Å². The summed E-state index contributed by atoms with van der Waals surface area (Å²) in [6.45, 7) is 1.82. The predicted octanol–water partition coefficient (Wildman–Crippen LogP) is 1.90. The first-order valence-corrected chi connectivity index (χ1v) is 9.12. The first-order chi connectivity index (χ1) is 13.4. The first kappa shape index (κ1) is 19.5. The Morgan fingerprint density at radius 2 is 1.64 bits per heavy atom. The summed E-state index contributed by atoms with van der Waals surface area (Å²) < 4.78 is 5.14. The molecule has 1 aliphatic heterocycles. The fourth-order valence-electron chi connectivity index (χ4n) is 2.91. The molecular formula is C20H24N4O4. The van der Waals surface area contributed by atoms with Gasteiger partial charge in [-0.25, -0.2) is 4.79 Å². The Balaban J connectivity index is 1.49. The van der Waals surface area contributed by atoms with Crippen LogP contribution < -0.4 is 5.32 Å². The second-order valence-electron chi connectivity index (χ2n) is 6.85. The lowest BCUT2D eigenvalue weighted by atomic mass is 10.1. The number of anilines is 1. The average Bonchev–Trinajstić information content (AvgIpc) is 3.23. The molecule has 1 aromatic carbocycles. The van der Waals surface area contributed by atoms with E-state index in [9.17, 15) is 14.4 Å². The number of urea groups is 1. The summed E-state index contributed by atoms with van der Waals surface area (Å²) in [6, 6.07) is 10.3. The molecule has 2 heterocycles. The number of rotatable bonds is 4. The molecule has 1 N–H and O–H groups in total. The van der Waals surface area contributed by atoms with E-state index in [1.165, 1.54) is 6.26 Å². The standard InChI is InChI=1S/C20H24N4O4/c1-22(2)18(25)14-15-5-7-16(8-6-15)21-20(27)24-11-9-23(10-12-24)19(26)17-4-3-13-28-17/h3-8,13H,9-12,14H2,1-2H3,(H,21,27). The van der Waals surface area contributed by atoms with Crippen LogP contribution in [0.15, 0.2) is 47.1 Å². The lowest BCUT2D eigenvalue weighted by Gasteiger charge is -2.34. The molecule has 0 saturated carbocycles. The van der Waals surface area contributed by atoms with Gasteiger partial charge in [0, 0.05) is 46.0 Å². The summed E-state index contributed by atoms with van der Waals surface area (Å²) in [5, 5.41) is 2.86. The molecule has 148 valence electrons. The Bertz CT molecular complexity index is 822. The molecule has 0 radical (unpaired) electrons. The zero-order chi connectivity index (χ0) is 20.1. The van der Waals surface area contributed by atoms with Crippen LogP contribution in [-0.2, 0) is 11.2 Å². The van der Waals surface area contributed by atoms with Crippen molar-refractivity contribution in [1.82, 2.24) is 14.7 Å². The van der Waals surface area contributed by atoms with Crippen LogP contribution in [0.1, 0.15) is 16.1 Å². The number of carbonyl (C=O) groups is 3. The zero-order valence-electron chi connectivity index (χ0n) is 16.1. The number of carbonyl (C=O) groups excluding carboxylic acids is 3. The molecule has 2 aromatic rings. The molecule has 8 nitrogen and oxygen atoms in total. The summed E-state index contributed by atoms with van der Waals surface area (Å²) in [6.07, 6.45) is 1.80. The number of nitrogens with zero attached hydrogens (tertiary/aromatic N) is 3. The van der Waals surface area contributed by atoms with Gasteiger partial charge in [-0.1, -0.05) is 12.1 Å². The molecule has 0 atom stereocenters. The van der Waals surface area contributed by atoms with E-state index in [0.29, 0.717) is 44.0 Å². The molecule has 28 heavy (non-hydrogen) atoms. The van der Waals surface area contributed by atoms with Gasteiger partial charge in [0.25, 0.3) is 5.91 Å². The molecular weight excluding hydrogens is 360 g/mol. The predicted molar refractivity (Wildman–Crippen MR) is 104 cm³/mol. The SMILES string of the molecule is CN(C)C(=O)Cc1ccc(NC(=O)N2CCN(C(=O)c3ccco3)CC2)cc1. The third kappa shape index (κ3) is 4.70. The van der Waals surface area contributed by atoms with Gasteiger partial charge in [0.05, 0.1) is 12.7 Å². The molecule has 1 aromatic heterocycles. The highest BCUT2D eigenvalue weighted by Crippen LogP contribution is 2.14. The van der Waals surface area contributed by atoms with E-state index in [1.54, 1.807) is 53.1 Å².